The molecular formula is C25H13BN2O. The molecule has 2 aliphatic heterocycles. The smallest absolute Gasteiger partial charge is 0.256 e. The third-order valence-electron chi connectivity index (χ3n) is 6.29. The van der Waals surface area contributed by atoms with Crippen molar-refractivity contribution in [3.8, 4) is 23.3 Å². The Morgan fingerprint density at radius 2 is 1.59 bits per heavy atom. The second kappa shape index (κ2) is 5.09. The van der Waals surface area contributed by atoms with Crippen LogP contribution in [0.4, 0.5) is 0 Å². The molecule has 4 aromatic carbocycles. The first-order chi connectivity index (χ1) is 14.4. The SMILES string of the molecule is N#Cc1cc2c3c4c1c1ccccc1n4-c1ccccc1B3c1ccccc1O2. The highest BCUT2D eigenvalue weighted by Crippen LogP contribution is 2.39. The lowest BCUT2D eigenvalue weighted by Crippen LogP contribution is -2.58. The maximum absolute atomic E-state index is 9.97. The highest BCUT2D eigenvalue weighted by molar-refractivity contribution is 6.99. The predicted molar refractivity (Wildman–Crippen MR) is 117 cm³/mol. The van der Waals surface area contributed by atoms with Crippen molar-refractivity contribution in [3.63, 3.8) is 0 Å². The molecule has 0 aliphatic carbocycles. The molecule has 0 amide bonds. The number of para-hydroxylation sites is 3. The van der Waals surface area contributed by atoms with Crippen LogP contribution in [0, 0.1) is 11.3 Å². The summed E-state index contributed by atoms with van der Waals surface area (Å²) in [6.45, 7) is 0.0956. The van der Waals surface area contributed by atoms with E-state index in [9.17, 15) is 5.26 Å². The van der Waals surface area contributed by atoms with Crippen LogP contribution in [0.3, 0.4) is 0 Å². The van der Waals surface area contributed by atoms with E-state index in [1.807, 2.05) is 24.3 Å². The highest BCUT2D eigenvalue weighted by atomic mass is 16.5. The zero-order chi connectivity index (χ0) is 19.1. The van der Waals surface area contributed by atoms with E-state index < -0.39 is 0 Å². The van der Waals surface area contributed by atoms with Gasteiger partial charge >= 0.3 is 0 Å². The van der Waals surface area contributed by atoms with E-state index in [0.717, 1.165) is 38.8 Å². The molecule has 0 spiro atoms. The monoisotopic (exact) mass is 368 g/mol. The summed E-state index contributed by atoms with van der Waals surface area (Å²) in [5.74, 6) is 1.66. The van der Waals surface area contributed by atoms with E-state index in [0.29, 0.717) is 5.56 Å². The van der Waals surface area contributed by atoms with Crippen molar-refractivity contribution in [1.29, 1.82) is 5.26 Å². The third-order valence-corrected chi connectivity index (χ3v) is 6.29. The number of benzene rings is 4. The second-order valence-electron chi connectivity index (χ2n) is 7.66. The summed E-state index contributed by atoms with van der Waals surface area (Å²) in [4.78, 5) is 0. The number of aromatic nitrogens is 1. The Kier molecular flexibility index (Phi) is 2.64. The lowest BCUT2D eigenvalue weighted by Gasteiger charge is -2.32. The van der Waals surface area contributed by atoms with E-state index in [2.05, 4.69) is 65.2 Å². The van der Waals surface area contributed by atoms with Crippen LogP contribution in [-0.4, -0.2) is 11.3 Å². The standard InChI is InChI=1S/C25H13BN2O/c27-14-15-13-22-24-25-23(15)16-7-1-4-10-19(16)28(25)20-11-5-2-8-17(20)26(24)18-9-3-6-12-21(18)29-22/h1-13H. The molecule has 0 fully saturated rings. The Morgan fingerprint density at radius 3 is 2.48 bits per heavy atom. The minimum Gasteiger partial charge on any atom is -0.458 e. The van der Waals surface area contributed by atoms with Crippen LogP contribution in [0.2, 0.25) is 0 Å². The van der Waals surface area contributed by atoms with E-state index in [1.165, 1.54) is 16.6 Å². The fourth-order valence-electron chi connectivity index (χ4n) is 5.21. The van der Waals surface area contributed by atoms with Crippen LogP contribution in [0.1, 0.15) is 5.56 Å². The zero-order valence-electron chi connectivity index (χ0n) is 15.4. The Hall–Kier alpha value is -3.97. The number of ether oxygens (including phenoxy) is 1. The number of hydrogen-bond acceptors (Lipinski definition) is 2. The number of nitriles is 1. The van der Waals surface area contributed by atoms with Gasteiger partial charge in [0.15, 0.2) is 0 Å². The maximum Gasteiger partial charge on any atom is 0.256 e. The van der Waals surface area contributed by atoms with Crippen molar-refractivity contribution in [2.75, 3.05) is 0 Å². The van der Waals surface area contributed by atoms with Crippen molar-refractivity contribution in [2.24, 2.45) is 0 Å². The van der Waals surface area contributed by atoms with Crippen LogP contribution in [-0.2, 0) is 0 Å². The van der Waals surface area contributed by atoms with Crippen molar-refractivity contribution in [2.45, 2.75) is 0 Å². The highest BCUT2D eigenvalue weighted by Gasteiger charge is 2.40. The predicted octanol–water partition coefficient (Wildman–Crippen LogP) is 3.59. The fourth-order valence-corrected chi connectivity index (χ4v) is 5.21. The molecule has 29 heavy (non-hydrogen) atoms. The van der Waals surface area contributed by atoms with Gasteiger partial charge in [0.05, 0.1) is 22.7 Å². The van der Waals surface area contributed by atoms with E-state index in [-0.39, 0.29) is 6.71 Å². The molecule has 0 unspecified atom stereocenters. The Morgan fingerprint density at radius 1 is 0.828 bits per heavy atom. The molecule has 0 atom stereocenters. The van der Waals surface area contributed by atoms with Gasteiger partial charge < -0.3 is 9.30 Å². The van der Waals surface area contributed by atoms with E-state index in [1.54, 1.807) is 0 Å². The van der Waals surface area contributed by atoms with Gasteiger partial charge in [-0.1, -0.05) is 54.6 Å². The number of nitrogens with zero attached hydrogens (tertiary/aromatic N) is 2. The number of fused-ring (bicyclic) bond motifs is 8. The van der Waals surface area contributed by atoms with Crippen LogP contribution in [0.5, 0.6) is 11.5 Å². The summed E-state index contributed by atoms with van der Waals surface area (Å²) in [5, 5.41) is 12.1. The molecule has 4 heteroatoms. The van der Waals surface area contributed by atoms with Gasteiger partial charge in [-0.3, -0.25) is 0 Å². The van der Waals surface area contributed by atoms with Gasteiger partial charge in [0.25, 0.3) is 6.71 Å². The first-order valence-electron chi connectivity index (χ1n) is 9.73. The van der Waals surface area contributed by atoms with Crippen LogP contribution in [0.25, 0.3) is 27.5 Å². The maximum atomic E-state index is 9.97. The minimum atomic E-state index is 0.0956. The molecule has 0 saturated heterocycles. The summed E-state index contributed by atoms with van der Waals surface area (Å²) >= 11 is 0. The quantitative estimate of drug-likeness (QED) is 0.384. The third kappa shape index (κ3) is 1.69. The normalized spacial score (nSPS) is 13.0. The van der Waals surface area contributed by atoms with Crippen LogP contribution in [0.15, 0.2) is 78.9 Å². The van der Waals surface area contributed by atoms with Crippen molar-refractivity contribution >= 4 is 44.9 Å². The largest absolute Gasteiger partial charge is 0.458 e. The second-order valence-corrected chi connectivity index (χ2v) is 7.66. The van der Waals surface area contributed by atoms with Gasteiger partial charge in [0.1, 0.15) is 11.5 Å². The molecule has 0 radical (unpaired) electrons. The number of rotatable bonds is 0. The molecule has 5 aromatic rings. The van der Waals surface area contributed by atoms with E-state index >= 15 is 0 Å². The van der Waals surface area contributed by atoms with Crippen molar-refractivity contribution in [3.05, 3.63) is 84.4 Å². The molecule has 1 aromatic heterocycles. The summed E-state index contributed by atoms with van der Waals surface area (Å²) in [5.41, 5.74) is 7.66. The van der Waals surface area contributed by atoms with Gasteiger partial charge in [-0.25, -0.2) is 0 Å². The van der Waals surface area contributed by atoms with Gasteiger partial charge in [0.2, 0.25) is 0 Å². The molecular weight excluding hydrogens is 355 g/mol. The average Bonchev–Trinajstić information content (AvgIpc) is 3.13. The summed E-state index contributed by atoms with van der Waals surface area (Å²) in [6, 6.07) is 29.5. The molecule has 0 saturated carbocycles. The van der Waals surface area contributed by atoms with Gasteiger partial charge in [0, 0.05) is 16.5 Å². The Bertz CT molecular complexity index is 1560. The van der Waals surface area contributed by atoms with Gasteiger partial charge in [-0.15, -0.1) is 0 Å². The Labute approximate surface area is 167 Å². The Balaban J connectivity index is 1.80. The molecule has 3 nitrogen and oxygen atoms in total. The van der Waals surface area contributed by atoms with E-state index in [4.69, 9.17) is 4.74 Å². The minimum absolute atomic E-state index is 0.0956. The van der Waals surface area contributed by atoms with Gasteiger partial charge in [-0.05, 0) is 40.7 Å². The summed E-state index contributed by atoms with van der Waals surface area (Å²) in [7, 11) is 0. The molecule has 0 N–H and O–H groups in total. The number of hydrogen-bond donors (Lipinski definition) is 0. The topological polar surface area (TPSA) is 38.0 Å². The lowest BCUT2D eigenvalue weighted by molar-refractivity contribution is 0.488. The first kappa shape index (κ1) is 15.0. The van der Waals surface area contributed by atoms with Crippen molar-refractivity contribution < 1.29 is 4.74 Å². The van der Waals surface area contributed by atoms with Gasteiger partial charge in [-0.2, -0.15) is 5.26 Å². The van der Waals surface area contributed by atoms with Crippen molar-refractivity contribution in [1.82, 2.24) is 4.57 Å². The molecule has 2 aliphatic rings. The summed E-state index contributed by atoms with van der Waals surface area (Å²) in [6.07, 6.45) is 0. The molecule has 0 bridgehead atoms. The fraction of sp³-hybridized carbons (Fsp3) is 0. The molecule has 7 rings (SSSR count). The first-order valence-corrected chi connectivity index (χ1v) is 9.73. The lowest BCUT2D eigenvalue weighted by atomic mass is 9.34. The van der Waals surface area contributed by atoms with Crippen LogP contribution >= 0.6 is 0 Å². The average molecular weight is 368 g/mol. The zero-order valence-corrected chi connectivity index (χ0v) is 15.4. The molecule has 3 heterocycles. The molecule has 132 valence electrons. The summed E-state index contributed by atoms with van der Waals surface area (Å²) < 4.78 is 8.65. The van der Waals surface area contributed by atoms with Crippen LogP contribution < -0.4 is 21.1 Å².